The van der Waals surface area contributed by atoms with Crippen molar-refractivity contribution in [3.63, 3.8) is 0 Å². The van der Waals surface area contributed by atoms with Gasteiger partial charge in [0.15, 0.2) is 6.61 Å². The van der Waals surface area contributed by atoms with Crippen LogP contribution in [-0.2, 0) is 20.7 Å². The van der Waals surface area contributed by atoms with Gasteiger partial charge in [-0.05, 0) is 34.5 Å². The molecule has 0 aliphatic rings. The third kappa shape index (κ3) is 4.85. The van der Waals surface area contributed by atoms with Crippen LogP contribution in [0.4, 0.5) is 15.8 Å². The topological polar surface area (TPSA) is 98.5 Å². The fourth-order valence-electron chi connectivity index (χ4n) is 1.70. The van der Waals surface area contributed by atoms with E-state index in [9.17, 15) is 24.1 Å². The van der Waals surface area contributed by atoms with Crippen molar-refractivity contribution >= 4 is 34.6 Å². The fraction of sp³-hybridized carbons (Fsp3) is 0.143. The molecule has 0 aliphatic heterocycles. The molecule has 120 valence electrons. The summed E-state index contributed by atoms with van der Waals surface area (Å²) < 4.78 is 17.8. The average molecular weight is 338 g/mol. The minimum Gasteiger partial charge on any atom is -0.455 e. The lowest BCUT2D eigenvalue weighted by Gasteiger charge is -2.07. The molecule has 0 fully saturated rings. The quantitative estimate of drug-likeness (QED) is 0.496. The summed E-state index contributed by atoms with van der Waals surface area (Å²) in [5.74, 6) is -2.14. The third-order valence-corrected chi connectivity index (χ3v) is 3.46. The number of rotatable bonds is 6. The summed E-state index contributed by atoms with van der Waals surface area (Å²) in [6, 6.07) is 4.50. The van der Waals surface area contributed by atoms with Gasteiger partial charge < -0.3 is 10.1 Å². The largest absolute Gasteiger partial charge is 0.455 e. The molecule has 1 heterocycles. The summed E-state index contributed by atoms with van der Waals surface area (Å²) in [6.07, 6.45) is 0.0352. The molecule has 7 nitrogen and oxygen atoms in total. The van der Waals surface area contributed by atoms with Gasteiger partial charge in [0.05, 0.1) is 17.4 Å². The molecule has 0 unspecified atom stereocenters. The molecule has 1 aromatic heterocycles. The molecule has 0 spiro atoms. The number of nitro groups is 1. The van der Waals surface area contributed by atoms with Crippen LogP contribution in [0.15, 0.2) is 35.0 Å². The van der Waals surface area contributed by atoms with Crippen molar-refractivity contribution in [1.29, 1.82) is 0 Å². The second-order valence-corrected chi connectivity index (χ2v) is 5.22. The normalized spacial score (nSPS) is 10.1. The van der Waals surface area contributed by atoms with Crippen LogP contribution in [0, 0.1) is 15.9 Å². The first kappa shape index (κ1) is 16.6. The van der Waals surface area contributed by atoms with E-state index in [0.29, 0.717) is 6.07 Å². The smallest absolute Gasteiger partial charge is 0.310 e. The lowest BCUT2D eigenvalue weighted by Crippen LogP contribution is -2.22. The zero-order valence-electron chi connectivity index (χ0n) is 11.7. The van der Waals surface area contributed by atoms with Crippen molar-refractivity contribution in [3.05, 3.63) is 56.5 Å². The van der Waals surface area contributed by atoms with Crippen molar-refractivity contribution < 1.29 is 23.6 Å². The molecule has 0 atom stereocenters. The van der Waals surface area contributed by atoms with Crippen LogP contribution in [0.3, 0.4) is 0 Å². The molecule has 0 saturated carbocycles. The van der Waals surface area contributed by atoms with Crippen LogP contribution in [-0.4, -0.2) is 23.4 Å². The highest BCUT2D eigenvalue weighted by Gasteiger charge is 2.17. The SMILES string of the molecule is O=C(COC(=O)Cc1ccsc1)Nc1ccc(F)cc1[N+](=O)[O-]. The number of halogens is 1. The Morgan fingerprint density at radius 2 is 2.13 bits per heavy atom. The number of thiophene rings is 1. The standard InChI is InChI=1S/C14H11FN2O5S/c15-10-1-2-11(12(6-10)17(20)21)16-13(18)7-22-14(19)5-9-3-4-23-8-9/h1-4,6,8H,5,7H2,(H,16,18). The molecule has 1 amide bonds. The number of amides is 1. The predicted molar refractivity (Wildman–Crippen MR) is 80.7 cm³/mol. The maximum Gasteiger partial charge on any atom is 0.310 e. The Labute approximate surface area is 133 Å². The number of esters is 1. The van der Waals surface area contributed by atoms with Gasteiger partial charge in [-0.25, -0.2) is 4.39 Å². The van der Waals surface area contributed by atoms with E-state index in [-0.39, 0.29) is 12.1 Å². The van der Waals surface area contributed by atoms with Crippen molar-refractivity contribution in [2.75, 3.05) is 11.9 Å². The van der Waals surface area contributed by atoms with Crippen molar-refractivity contribution in [2.45, 2.75) is 6.42 Å². The second-order valence-electron chi connectivity index (χ2n) is 4.44. The van der Waals surface area contributed by atoms with Gasteiger partial charge in [-0.1, -0.05) is 0 Å². The lowest BCUT2D eigenvalue weighted by molar-refractivity contribution is -0.384. The van der Waals surface area contributed by atoms with E-state index in [0.717, 1.165) is 17.7 Å². The van der Waals surface area contributed by atoms with Crippen molar-refractivity contribution in [3.8, 4) is 0 Å². The minimum absolute atomic E-state index is 0.0352. The van der Waals surface area contributed by atoms with Gasteiger partial charge in [-0.15, -0.1) is 0 Å². The predicted octanol–water partition coefficient (Wildman–Crippen LogP) is 2.52. The first-order valence-electron chi connectivity index (χ1n) is 6.36. The molecular weight excluding hydrogens is 327 g/mol. The molecule has 2 aromatic rings. The maximum atomic E-state index is 13.0. The monoisotopic (exact) mass is 338 g/mol. The maximum absolute atomic E-state index is 13.0. The van der Waals surface area contributed by atoms with Gasteiger partial charge in [0.2, 0.25) is 0 Å². The van der Waals surface area contributed by atoms with E-state index >= 15 is 0 Å². The summed E-state index contributed by atoms with van der Waals surface area (Å²) in [5.41, 5.74) is 0.0211. The Kier molecular flexibility index (Phi) is 5.36. The van der Waals surface area contributed by atoms with E-state index in [1.54, 1.807) is 11.4 Å². The molecule has 2 rings (SSSR count). The van der Waals surface area contributed by atoms with Gasteiger partial charge in [-0.3, -0.25) is 19.7 Å². The van der Waals surface area contributed by atoms with Crippen LogP contribution in [0.1, 0.15) is 5.56 Å². The number of carbonyl (C=O) groups is 2. The van der Waals surface area contributed by atoms with Crippen LogP contribution >= 0.6 is 11.3 Å². The summed E-state index contributed by atoms with van der Waals surface area (Å²) in [6.45, 7) is -0.586. The highest BCUT2D eigenvalue weighted by atomic mass is 32.1. The summed E-state index contributed by atoms with van der Waals surface area (Å²) in [4.78, 5) is 33.2. The Hall–Kier alpha value is -2.81. The van der Waals surface area contributed by atoms with Crippen molar-refractivity contribution in [2.24, 2.45) is 0 Å². The third-order valence-electron chi connectivity index (χ3n) is 2.72. The number of hydrogen-bond donors (Lipinski definition) is 1. The Balaban J connectivity index is 1.90. The summed E-state index contributed by atoms with van der Waals surface area (Å²) >= 11 is 1.43. The zero-order valence-corrected chi connectivity index (χ0v) is 12.5. The number of benzene rings is 1. The lowest BCUT2D eigenvalue weighted by atomic mass is 10.2. The van der Waals surface area contributed by atoms with Crippen LogP contribution in [0.5, 0.6) is 0 Å². The van der Waals surface area contributed by atoms with Gasteiger partial charge in [-0.2, -0.15) is 11.3 Å². The van der Waals surface area contributed by atoms with Gasteiger partial charge in [0.1, 0.15) is 11.5 Å². The molecule has 0 saturated heterocycles. The van der Waals surface area contributed by atoms with E-state index in [4.69, 9.17) is 4.74 Å². The number of hydrogen-bond acceptors (Lipinski definition) is 6. The highest BCUT2D eigenvalue weighted by Crippen LogP contribution is 2.24. The molecule has 9 heteroatoms. The van der Waals surface area contributed by atoms with Crippen LogP contribution < -0.4 is 5.32 Å². The second kappa shape index (κ2) is 7.45. The van der Waals surface area contributed by atoms with E-state index in [1.165, 1.54) is 11.3 Å². The molecule has 23 heavy (non-hydrogen) atoms. The molecule has 1 N–H and O–H groups in total. The van der Waals surface area contributed by atoms with E-state index in [1.807, 2.05) is 5.38 Å². The first-order valence-corrected chi connectivity index (χ1v) is 7.30. The Morgan fingerprint density at radius 3 is 2.78 bits per heavy atom. The zero-order chi connectivity index (χ0) is 16.8. The molecule has 0 bridgehead atoms. The number of anilines is 1. The number of ether oxygens (including phenoxy) is 1. The number of nitrogens with zero attached hydrogens (tertiary/aromatic N) is 1. The van der Waals surface area contributed by atoms with E-state index < -0.39 is 34.9 Å². The number of carbonyl (C=O) groups excluding carboxylic acids is 2. The van der Waals surface area contributed by atoms with E-state index in [2.05, 4.69) is 5.32 Å². The Morgan fingerprint density at radius 1 is 1.35 bits per heavy atom. The minimum atomic E-state index is -0.818. The first-order chi connectivity index (χ1) is 11.0. The van der Waals surface area contributed by atoms with Crippen molar-refractivity contribution in [1.82, 2.24) is 0 Å². The summed E-state index contributed by atoms with van der Waals surface area (Å²) in [7, 11) is 0. The van der Waals surface area contributed by atoms with Crippen LogP contribution in [0.25, 0.3) is 0 Å². The molecule has 1 aromatic carbocycles. The van der Waals surface area contributed by atoms with Gasteiger partial charge in [0.25, 0.3) is 11.6 Å². The molecular formula is C14H11FN2O5S. The van der Waals surface area contributed by atoms with Crippen LogP contribution in [0.2, 0.25) is 0 Å². The Bertz CT molecular complexity index is 733. The van der Waals surface area contributed by atoms with Gasteiger partial charge in [0, 0.05) is 0 Å². The van der Waals surface area contributed by atoms with Gasteiger partial charge >= 0.3 is 5.97 Å². The average Bonchev–Trinajstić information content (AvgIpc) is 2.99. The molecule has 0 radical (unpaired) electrons. The molecule has 0 aliphatic carbocycles. The summed E-state index contributed by atoms with van der Waals surface area (Å²) in [5, 5.41) is 16.6. The number of nitro benzene ring substituents is 1. The highest BCUT2D eigenvalue weighted by molar-refractivity contribution is 7.07. The number of nitrogens with one attached hydrogen (secondary N) is 1. The fourth-order valence-corrected chi connectivity index (χ4v) is 2.37.